The van der Waals surface area contributed by atoms with E-state index in [0.29, 0.717) is 19.5 Å². The van der Waals surface area contributed by atoms with Gasteiger partial charge in [0, 0.05) is 31.0 Å². The lowest BCUT2D eigenvalue weighted by Gasteiger charge is -2.21. The molecule has 2 N–H and O–H groups in total. The maximum atomic E-state index is 13.0. The molecule has 5 rings (SSSR count). The van der Waals surface area contributed by atoms with Crippen LogP contribution in [0.4, 0.5) is 4.79 Å². The van der Waals surface area contributed by atoms with Gasteiger partial charge in [0.1, 0.15) is 6.61 Å². The van der Waals surface area contributed by atoms with Crippen LogP contribution in [0.1, 0.15) is 49.7 Å². The molecule has 0 aromatic heterocycles. The molecule has 3 aliphatic rings. The van der Waals surface area contributed by atoms with E-state index in [9.17, 15) is 14.4 Å². The van der Waals surface area contributed by atoms with Gasteiger partial charge in [-0.25, -0.2) is 4.79 Å². The number of carbonyl (C=O) groups excluding carboxylic acids is 2. The molecule has 2 amide bonds. The molecule has 0 spiro atoms. The molecule has 184 valence electrons. The van der Waals surface area contributed by atoms with E-state index in [1.807, 2.05) is 36.1 Å². The third-order valence-corrected chi connectivity index (χ3v) is 7.96. The molecule has 7 nitrogen and oxygen atoms in total. The van der Waals surface area contributed by atoms with Crippen LogP contribution < -0.4 is 5.32 Å². The number of carboxylic acid groups (broad SMARTS) is 1. The highest BCUT2D eigenvalue weighted by Crippen LogP contribution is 2.44. The van der Waals surface area contributed by atoms with Crippen molar-refractivity contribution in [3.8, 4) is 11.1 Å². The summed E-state index contributed by atoms with van der Waals surface area (Å²) >= 11 is 0. The van der Waals surface area contributed by atoms with E-state index < -0.39 is 12.1 Å². The zero-order chi connectivity index (χ0) is 24.5. The van der Waals surface area contributed by atoms with Gasteiger partial charge in [-0.2, -0.15) is 0 Å². The van der Waals surface area contributed by atoms with E-state index in [0.717, 1.165) is 12.8 Å². The fourth-order valence-electron chi connectivity index (χ4n) is 6.11. The fraction of sp³-hybridized carbons (Fsp3) is 0.464. The minimum Gasteiger partial charge on any atom is -0.481 e. The molecule has 0 bridgehead atoms. The number of nitrogens with zero attached hydrogens (tertiary/aromatic N) is 1. The van der Waals surface area contributed by atoms with Crippen LogP contribution in [-0.4, -0.2) is 53.7 Å². The molecule has 1 aliphatic heterocycles. The number of aliphatic carboxylic acids is 1. The molecule has 7 heteroatoms. The predicted octanol–water partition coefficient (Wildman–Crippen LogP) is 4.26. The van der Waals surface area contributed by atoms with Gasteiger partial charge in [-0.1, -0.05) is 55.5 Å². The summed E-state index contributed by atoms with van der Waals surface area (Å²) < 4.78 is 5.66. The number of carbonyl (C=O) groups is 3. The standard InChI is InChI=1S/C28H32N2O5/c1-17-14-30(15-19(17)13-26(31)32)27(33)18-10-11-20(12-18)29-28(34)35-16-25-23-8-4-2-6-21(23)22-7-3-5-9-24(22)25/h2-9,17-20,25H,10-16H2,1H3,(H,29,34)(H,31,32). The van der Waals surface area contributed by atoms with E-state index in [-0.39, 0.29) is 48.6 Å². The van der Waals surface area contributed by atoms with Crippen molar-refractivity contribution in [2.24, 2.45) is 17.8 Å². The van der Waals surface area contributed by atoms with Gasteiger partial charge in [0.2, 0.25) is 5.91 Å². The first-order valence-corrected chi connectivity index (χ1v) is 12.5. The maximum Gasteiger partial charge on any atom is 0.407 e. The van der Waals surface area contributed by atoms with E-state index >= 15 is 0 Å². The Bertz CT molecular complexity index is 1090. The first-order chi connectivity index (χ1) is 16.9. The molecule has 2 aliphatic carbocycles. The number of likely N-dealkylation sites (tertiary alicyclic amines) is 1. The quantitative estimate of drug-likeness (QED) is 0.649. The summed E-state index contributed by atoms with van der Waals surface area (Å²) in [6, 6.07) is 16.4. The van der Waals surface area contributed by atoms with Crippen molar-refractivity contribution in [3.05, 3.63) is 59.7 Å². The van der Waals surface area contributed by atoms with Gasteiger partial charge in [0.25, 0.3) is 0 Å². The third-order valence-electron chi connectivity index (χ3n) is 7.96. The number of benzene rings is 2. The summed E-state index contributed by atoms with van der Waals surface area (Å²) in [5.41, 5.74) is 4.73. The van der Waals surface area contributed by atoms with E-state index in [1.54, 1.807) is 0 Å². The highest BCUT2D eigenvalue weighted by atomic mass is 16.5. The Morgan fingerprint density at radius 2 is 1.66 bits per heavy atom. The first-order valence-electron chi connectivity index (χ1n) is 12.5. The summed E-state index contributed by atoms with van der Waals surface area (Å²) in [5, 5.41) is 12.1. The minimum atomic E-state index is -0.815. The second-order valence-electron chi connectivity index (χ2n) is 10.3. The second kappa shape index (κ2) is 9.72. The molecule has 1 saturated heterocycles. The summed E-state index contributed by atoms with van der Waals surface area (Å²) in [7, 11) is 0. The summed E-state index contributed by atoms with van der Waals surface area (Å²) in [6.07, 6.45) is 1.71. The van der Waals surface area contributed by atoms with Gasteiger partial charge in [0.15, 0.2) is 0 Å². The zero-order valence-electron chi connectivity index (χ0n) is 20.0. The second-order valence-corrected chi connectivity index (χ2v) is 10.3. The molecule has 35 heavy (non-hydrogen) atoms. The van der Waals surface area contributed by atoms with Crippen LogP contribution in [0.25, 0.3) is 11.1 Å². The molecule has 4 atom stereocenters. The summed E-state index contributed by atoms with van der Waals surface area (Å²) in [6.45, 7) is 3.40. The lowest BCUT2D eigenvalue weighted by molar-refractivity contribution is -0.139. The van der Waals surface area contributed by atoms with E-state index in [4.69, 9.17) is 9.84 Å². The number of fused-ring (bicyclic) bond motifs is 3. The Morgan fingerprint density at radius 1 is 1.00 bits per heavy atom. The third kappa shape index (κ3) is 4.77. The Labute approximate surface area is 205 Å². The highest BCUT2D eigenvalue weighted by molar-refractivity contribution is 5.80. The fourth-order valence-corrected chi connectivity index (χ4v) is 6.11. The number of carboxylic acids is 1. The van der Waals surface area contributed by atoms with E-state index in [1.165, 1.54) is 22.3 Å². The zero-order valence-corrected chi connectivity index (χ0v) is 20.0. The first kappa shape index (κ1) is 23.4. The Kier molecular flexibility index (Phi) is 6.50. The Balaban J connectivity index is 1.13. The van der Waals surface area contributed by atoms with Crippen molar-refractivity contribution in [2.75, 3.05) is 19.7 Å². The maximum absolute atomic E-state index is 13.0. The van der Waals surface area contributed by atoms with Crippen molar-refractivity contribution in [2.45, 2.75) is 44.6 Å². The Hall–Kier alpha value is -3.35. The minimum absolute atomic E-state index is 0.00704. The number of alkyl carbamates (subject to hydrolysis) is 1. The van der Waals surface area contributed by atoms with Crippen LogP contribution in [0.3, 0.4) is 0 Å². The van der Waals surface area contributed by atoms with Crippen LogP contribution in [0, 0.1) is 17.8 Å². The molecule has 2 aromatic rings. The number of rotatable bonds is 6. The largest absolute Gasteiger partial charge is 0.481 e. The van der Waals surface area contributed by atoms with Crippen LogP contribution in [0.15, 0.2) is 48.5 Å². The number of ether oxygens (including phenoxy) is 1. The number of nitrogens with one attached hydrogen (secondary N) is 1. The van der Waals surface area contributed by atoms with Crippen molar-refractivity contribution in [1.82, 2.24) is 10.2 Å². The van der Waals surface area contributed by atoms with Crippen molar-refractivity contribution in [3.63, 3.8) is 0 Å². The molecule has 2 fully saturated rings. The average molecular weight is 477 g/mol. The topological polar surface area (TPSA) is 95.9 Å². The predicted molar refractivity (Wildman–Crippen MR) is 131 cm³/mol. The molecule has 0 radical (unpaired) electrons. The molecule has 1 saturated carbocycles. The van der Waals surface area contributed by atoms with Gasteiger partial charge in [0.05, 0.1) is 6.42 Å². The summed E-state index contributed by atoms with van der Waals surface area (Å²) in [5.74, 6) is -0.656. The molecule has 4 unspecified atom stereocenters. The SMILES string of the molecule is CC1CN(C(=O)C2CCC(NC(=O)OCC3c4ccccc4-c4ccccc43)C2)CC1CC(=O)O. The van der Waals surface area contributed by atoms with Crippen molar-refractivity contribution >= 4 is 18.0 Å². The number of amides is 2. The van der Waals surface area contributed by atoms with Gasteiger partial charge in [-0.15, -0.1) is 0 Å². The molecular weight excluding hydrogens is 444 g/mol. The number of hydrogen-bond donors (Lipinski definition) is 2. The van der Waals surface area contributed by atoms with Gasteiger partial charge in [-0.05, 0) is 53.4 Å². The van der Waals surface area contributed by atoms with Crippen LogP contribution >= 0.6 is 0 Å². The van der Waals surface area contributed by atoms with Crippen LogP contribution in [0.5, 0.6) is 0 Å². The molecular formula is C28H32N2O5. The van der Waals surface area contributed by atoms with Crippen molar-refractivity contribution < 1.29 is 24.2 Å². The molecule has 1 heterocycles. The van der Waals surface area contributed by atoms with Gasteiger partial charge >= 0.3 is 12.1 Å². The normalized spacial score (nSPS) is 25.2. The smallest absolute Gasteiger partial charge is 0.407 e. The van der Waals surface area contributed by atoms with Crippen LogP contribution in [0.2, 0.25) is 0 Å². The molecule has 2 aromatic carbocycles. The lowest BCUT2D eigenvalue weighted by atomic mass is 9.95. The average Bonchev–Trinajstić information content (AvgIpc) is 3.53. The lowest BCUT2D eigenvalue weighted by Crippen LogP contribution is -2.37. The van der Waals surface area contributed by atoms with Gasteiger partial charge in [-0.3, -0.25) is 9.59 Å². The number of hydrogen-bond acceptors (Lipinski definition) is 4. The monoisotopic (exact) mass is 476 g/mol. The Morgan fingerprint density at radius 3 is 2.31 bits per heavy atom. The van der Waals surface area contributed by atoms with Crippen LogP contribution in [-0.2, 0) is 14.3 Å². The van der Waals surface area contributed by atoms with Gasteiger partial charge < -0.3 is 20.1 Å². The van der Waals surface area contributed by atoms with E-state index in [2.05, 4.69) is 29.6 Å². The summed E-state index contributed by atoms with van der Waals surface area (Å²) in [4.78, 5) is 38.5. The van der Waals surface area contributed by atoms with Crippen molar-refractivity contribution in [1.29, 1.82) is 0 Å². The highest BCUT2D eigenvalue weighted by Gasteiger charge is 2.39.